The third-order valence-corrected chi connectivity index (χ3v) is 2.25. The van der Waals surface area contributed by atoms with Crippen LogP contribution in [0.15, 0.2) is 24.3 Å². The van der Waals surface area contributed by atoms with E-state index in [1.807, 2.05) is 19.1 Å². The maximum Gasteiger partial charge on any atom is 0.0997 e. The highest BCUT2D eigenvalue weighted by Gasteiger charge is 2.06. The van der Waals surface area contributed by atoms with Crippen molar-refractivity contribution in [1.29, 1.82) is 0 Å². The molecule has 0 saturated carbocycles. The second kappa shape index (κ2) is 4.40. The zero-order valence-electron chi connectivity index (χ0n) is 8.47. The second-order valence-electron chi connectivity index (χ2n) is 3.69. The van der Waals surface area contributed by atoms with Gasteiger partial charge in [0.1, 0.15) is 0 Å². The first-order chi connectivity index (χ1) is 6.15. The van der Waals surface area contributed by atoms with Gasteiger partial charge in [-0.2, -0.15) is 0 Å². The van der Waals surface area contributed by atoms with E-state index in [-0.39, 0.29) is 6.67 Å². The Morgan fingerprint density at radius 1 is 1.38 bits per heavy atom. The molecule has 0 aromatic heterocycles. The number of hydrogen-bond donors (Lipinski definition) is 0. The second-order valence-corrected chi connectivity index (χ2v) is 3.69. The summed E-state index contributed by atoms with van der Waals surface area (Å²) in [6.45, 7) is 5.76. The third kappa shape index (κ3) is 2.55. The van der Waals surface area contributed by atoms with Crippen LogP contribution in [-0.2, 0) is 0 Å². The van der Waals surface area contributed by atoms with E-state index in [4.69, 9.17) is 0 Å². The first-order valence-corrected chi connectivity index (χ1v) is 4.64. The lowest BCUT2D eigenvalue weighted by atomic mass is 9.96. The maximum absolute atomic E-state index is 12.4. The molecule has 1 aromatic carbocycles. The predicted octanol–water partition coefficient (Wildman–Crippen LogP) is 3.72. The van der Waals surface area contributed by atoms with Crippen LogP contribution in [0.4, 0.5) is 4.39 Å². The van der Waals surface area contributed by atoms with Crippen molar-refractivity contribution in [2.24, 2.45) is 0 Å². The van der Waals surface area contributed by atoms with Crippen molar-refractivity contribution in [3.63, 3.8) is 0 Å². The molecule has 0 bridgehead atoms. The minimum atomic E-state index is -0.360. The van der Waals surface area contributed by atoms with Crippen molar-refractivity contribution >= 4 is 0 Å². The van der Waals surface area contributed by atoms with Gasteiger partial charge in [0.25, 0.3) is 0 Å². The molecule has 0 amide bonds. The van der Waals surface area contributed by atoms with Gasteiger partial charge in [-0.3, -0.25) is 4.39 Å². The van der Waals surface area contributed by atoms with Gasteiger partial charge in [0, 0.05) is 5.92 Å². The van der Waals surface area contributed by atoms with Crippen LogP contribution in [0.5, 0.6) is 0 Å². The molecule has 71 valence electrons. The van der Waals surface area contributed by atoms with Crippen molar-refractivity contribution in [2.75, 3.05) is 6.67 Å². The van der Waals surface area contributed by atoms with E-state index in [1.54, 1.807) is 0 Å². The Kier molecular flexibility index (Phi) is 3.47. The largest absolute Gasteiger partial charge is 0.250 e. The Hall–Kier alpha value is -0.850. The molecule has 0 aliphatic heterocycles. The number of halogens is 1. The highest BCUT2D eigenvalue weighted by molar-refractivity contribution is 5.34. The van der Waals surface area contributed by atoms with Gasteiger partial charge < -0.3 is 0 Å². The molecule has 0 unspecified atom stereocenters. The van der Waals surface area contributed by atoms with Crippen molar-refractivity contribution in [3.05, 3.63) is 41.3 Å². The summed E-state index contributed by atoms with van der Waals surface area (Å²) in [5, 5.41) is 0. The van der Waals surface area contributed by atoms with Gasteiger partial charge in [-0.1, -0.05) is 45.0 Å². The normalized spacial score (nSPS) is 11.2. The van der Waals surface area contributed by atoms with E-state index < -0.39 is 0 Å². The molecule has 1 radical (unpaired) electrons. The molecule has 0 aliphatic carbocycles. The Balaban J connectivity index is 2.91. The van der Waals surface area contributed by atoms with Gasteiger partial charge in [-0.25, -0.2) is 0 Å². The molecule has 0 heterocycles. The lowest BCUT2D eigenvalue weighted by molar-refractivity contribution is 0.516. The van der Waals surface area contributed by atoms with Gasteiger partial charge in [-0.05, 0) is 17.0 Å². The van der Waals surface area contributed by atoms with Crippen molar-refractivity contribution in [2.45, 2.75) is 26.7 Å². The fourth-order valence-electron chi connectivity index (χ4n) is 1.24. The summed E-state index contributed by atoms with van der Waals surface area (Å²) in [4.78, 5) is 0. The fraction of sp³-hybridized carbons (Fsp3) is 0.417. The Morgan fingerprint density at radius 2 is 2.08 bits per heavy atom. The van der Waals surface area contributed by atoms with E-state index in [0.717, 1.165) is 11.5 Å². The summed E-state index contributed by atoms with van der Waals surface area (Å²) in [6, 6.07) is 8.10. The van der Waals surface area contributed by atoms with Crippen LogP contribution in [0.25, 0.3) is 0 Å². The molecule has 1 rings (SSSR count). The average Bonchev–Trinajstić information content (AvgIpc) is 2.17. The standard InChI is InChI=1S/C12H16F/c1-9(2)11-5-4-6-12(7-11)10(3)8-13/h4-7,9H,8H2,1-3H3. The number of benzene rings is 1. The highest BCUT2D eigenvalue weighted by Crippen LogP contribution is 2.20. The molecule has 0 aliphatic rings. The minimum absolute atomic E-state index is 0.360. The molecular weight excluding hydrogens is 163 g/mol. The first kappa shape index (κ1) is 10.2. The highest BCUT2D eigenvalue weighted by atomic mass is 19.1. The molecule has 0 fully saturated rings. The summed E-state index contributed by atoms with van der Waals surface area (Å²) in [5.74, 6) is 1.31. The zero-order valence-corrected chi connectivity index (χ0v) is 8.47. The summed E-state index contributed by atoms with van der Waals surface area (Å²) >= 11 is 0. The quantitative estimate of drug-likeness (QED) is 0.663. The maximum atomic E-state index is 12.4. The van der Waals surface area contributed by atoms with Crippen LogP contribution in [0, 0.1) is 5.92 Å². The molecular formula is C12H16F. The SMILES string of the molecule is C[C](CF)c1cccc(C(C)C)c1. The van der Waals surface area contributed by atoms with Crippen LogP contribution in [0.2, 0.25) is 0 Å². The number of alkyl halides is 1. The van der Waals surface area contributed by atoms with Crippen LogP contribution in [0.3, 0.4) is 0 Å². The third-order valence-electron chi connectivity index (χ3n) is 2.25. The topological polar surface area (TPSA) is 0 Å². The first-order valence-electron chi connectivity index (χ1n) is 4.64. The van der Waals surface area contributed by atoms with Crippen LogP contribution < -0.4 is 0 Å². The summed E-state index contributed by atoms with van der Waals surface area (Å²) in [5.41, 5.74) is 2.29. The minimum Gasteiger partial charge on any atom is -0.250 e. The van der Waals surface area contributed by atoms with Gasteiger partial charge in [0.2, 0.25) is 0 Å². The lowest BCUT2D eigenvalue weighted by Gasteiger charge is -2.10. The van der Waals surface area contributed by atoms with Gasteiger partial charge >= 0.3 is 0 Å². The lowest BCUT2D eigenvalue weighted by Crippen LogP contribution is -1.98. The molecule has 0 nitrogen and oxygen atoms in total. The molecule has 0 N–H and O–H groups in total. The van der Waals surface area contributed by atoms with E-state index in [0.29, 0.717) is 5.92 Å². The molecule has 1 aromatic rings. The zero-order chi connectivity index (χ0) is 9.84. The summed E-state index contributed by atoms with van der Waals surface area (Å²) in [6.07, 6.45) is 0. The van der Waals surface area contributed by atoms with Gasteiger partial charge in [0.15, 0.2) is 0 Å². The Labute approximate surface area is 79.8 Å². The van der Waals surface area contributed by atoms with E-state index in [1.165, 1.54) is 5.56 Å². The summed E-state index contributed by atoms with van der Waals surface area (Å²) < 4.78 is 12.4. The van der Waals surface area contributed by atoms with Crippen LogP contribution >= 0.6 is 0 Å². The number of rotatable bonds is 3. The van der Waals surface area contributed by atoms with Crippen molar-refractivity contribution < 1.29 is 4.39 Å². The molecule has 13 heavy (non-hydrogen) atoms. The van der Waals surface area contributed by atoms with Crippen LogP contribution in [0.1, 0.15) is 37.8 Å². The average molecular weight is 179 g/mol. The van der Waals surface area contributed by atoms with Crippen molar-refractivity contribution in [1.82, 2.24) is 0 Å². The Bertz CT molecular complexity index is 266. The molecule has 0 spiro atoms. The van der Waals surface area contributed by atoms with Crippen molar-refractivity contribution in [3.8, 4) is 0 Å². The summed E-state index contributed by atoms with van der Waals surface area (Å²) in [7, 11) is 0. The Morgan fingerprint density at radius 3 is 2.62 bits per heavy atom. The van der Waals surface area contributed by atoms with E-state index in [2.05, 4.69) is 26.0 Å². The van der Waals surface area contributed by atoms with Gasteiger partial charge in [0.05, 0.1) is 6.67 Å². The molecule has 0 saturated heterocycles. The fourth-order valence-corrected chi connectivity index (χ4v) is 1.24. The van der Waals surface area contributed by atoms with Crippen LogP contribution in [-0.4, -0.2) is 6.67 Å². The molecule has 1 heteroatoms. The monoisotopic (exact) mass is 179 g/mol. The van der Waals surface area contributed by atoms with E-state index in [9.17, 15) is 4.39 Å². The molecule has 0 atom stereocenters. The van der Waals surface area contributed by atoms with Gasteiger partial charge in [-0.15, -0.1) is 0 Å². The number of hydrogen-bond acceptors (Lipinski definition) is 0. The smallest absolute Gasteiger partial charge is 0.0997 e. The predicted molar refractivity (Wildman–Crippen MR) is 54.5 cm³/mol. The van der Waals surface area contributed by atoms with E-state index >= 15 is 0 Å².